The van der Waals surface area contributed by atoms with Crippen LogP contribution in [0.2, 0.25) is 10.0 Å². The molecule has 6 heteroatoms. The van der Waals surface area contributed by atoms with Gasteiger partial charge in [-0.25, -0.2) is 4.68 Å². The average molecular weight is 286 g/mol. The largest absolute Gasteiger partial charge is 0.436 e. The molecular formula is C12H13Cl2N3O. The Morgan fingerprint density at radius 3 is 2.78 bits per heavy atom. The highest BCUT2D eigenvalue weighted by Crippen LogP contribution is 2.37. The molecule has 2 aromatic rings. The van der Waals surface area contributed by atoms with E-state index in [4.69, 9.17) is 33.7 Å². The molecule has 0 radical (unpaired) electrons. The standard InChI is InChI=1S/C12H13Cl2N3O/c1-3-17-12(11(15)7(2)16-17)18-9-6-4-5-8(13)10(9)14/h4-6H,3,15H2,1-2H3. The molecule has 0 saturated heterocycles. The lowest BCUT2D eigenvalue weighted by Crippen LogP contribution is -2.01. The molecule has 1 aromatic heterocycles. The van der Waals surface area contributed by atoms with Gasteiger partial charge < -0.3 is 10.5 Å². The van der Waals surface area contributed by atoms with Crippen LogP contribution in [-0.2, 0) is 6.54 Å². The maximum Gasteiger partial charge on any atom is 0.241 e. The number of nitrogens with two attached hydrogens (primary N) is 1. The van der Waals surface area contributed by atoms with Gasteiger partial charge in [-0.05, 0) is 26.0 Å². The van der Waals surface area contributed by atoms with E-state index in [0.29, 0.717) is 33.9 Å². The summed E-state index contributed by atoms with van der Waals surface area (Å²) in [7, 11) is 0. The SMILES string of the molecule is CCn1nc(C)c(N)c1Oc1cccc(Cl)c1Cl. The lowest BCUT2D eigenvalue weighted by Gasteiger charge is -2.10. The van der Waals surface area contributed by atoms with Gasteiger partial charge >= 0.3 is 0 Å². The first kappa shape index (κ1) is 13.1. The van der Waals surface area contributed by atoms with E-state index in [2.05, 4.69) is 5.10 Å². The minimum absolute atomic E-state index is 0.361. The molecule has 0 unspecified atom stereocenters. The van der Waals surface area contributed by atoms with E-state index in [-0.39, 0.29) is 0 Å². The normalized spacial score (nSPS) is 10.7. The molecule has 2 rings (SSSR count). The maximum absolute atomic E-state index is 6.07. The highest BCUT2D eigenvalue weighted by atomic mass is 35.5. The minimum atomic E-state index is 0.361. The number of benzene rings is 1. The van der Waals surface area contributed by atoms with Gasteiger partial charge in [-0.3, -0.25) is 0 Å². The molecule has 1 aromatic carbocycles. The minimum Gasteiger partial charge on any atom is -0.436 e. The van der Waals surface area contributed by atoms with Crippen molar-refractivity contribution in [2.45, 2.75) is 20.4 Å². The van der Waals surface area contributed by atoms with E-state index in [0.717, 1.165) is 5.69 Å². The van der Waals surface area contributed by atoms with Gasteiger partial charge in [0.15, 0.2) is 0 Å². The van der Waals surface area contributed by atoms with Crippen molar-refractivity contribution in [2.24, 2.45) is 0 Å². The number of aryl methyl sites for hydroxylation is 2. The summed E-state index contributed by atoms with van der Waals surface area (Å²) in [5.41, 5.74) is 7.16. The molecule has 2 N–H and O–H groups in total. The van der Waals surface area contributed by atoms with Gasteiger partial charge in [0.2, 0.25) is 5.88 Å². The highest BCUT2D eigenvalue weighted by Gasteiger charge is 2.15. The first-order chi connectivity index (χ1) is 8.54. The number of hydrogen-bond acceptors (Lipinski definition) is 3. The molecule has 0 spiro atoms. The number of ether oxygens (including phenoxy) is 1. The van der Waals surface area contributed by atoms with E-state index in [9.17, 15) is 0 Å². The van der Waals surface area contributed by atoms with Gasteiger partial charge in [-0.1, -0.05) is 29.3 Å². The van der Waals surface area contributed by atoms with Crippen molar-refractivity contribution in [3.05, 3.63) is 33.9 Å². The first-order valence-electron chi connectivity index (χ1n) is 5.49. The van der Waals surface area contributed by atoms with Gasteiger partial charge in [0.1, 0.15) is 16.5 Å². The van der Waals surface area contributed by atoms with Gasteiger partial charge in [0.25, 0.3) is 0 Å². The molecule has 4 nitrogen and oxygen atoms in total. The number of hydrogen-bond donors (Lipinski definition) is 1. The molecule has 0 amide bonds. The van der Waals surface area contributed by atoms with Crippen LogP contribution in [0.1, 0.15) is 12.6 Å². The average Bonchev–Trinajstić information content (AvgIpc) is 2.62. The van der Waals surface area contributed by atoms with Crippen molar-refractivity contribution in [1.29, 1.82) is 0 Å². The number of halogens is 2. The van der Waals surface area contributed by atoms with Crippen LogP contribution in [0.15, 0.2) is 18.2 Å². The third kappa shape index (κ3) is 2.26. The molecule has 0 saturated carbocycles. The molecule has 0 aliphatic rings. The Morgan fingerprint density at radius 2 is 2.11 bits per heavy atom. The summed E-state index contributed by atoms with van der Waals surface area (Å²) in [4.78, 5) is 0. The summed E-state index contributed by atoms with van der Waals surface area (Å²) in [6.07, 6.45) is 0. The van der Waals surface area contributed by atoms with Crippen molar-refractivity contribution in [3.8, 4) is 11.6 Å². The van der Waals surface area contributed by atoms with Crippen molar-refractivity contribution in [3.63, 3.8) is 0 Å². The van der Waals surface area contributed by atoms with Gasteiger partial charge in [0, 0.05) is 6.54 Å². The fraction of sp³-hybridized carbons (Fsp3) is 0.250. The third-order valence-electron chi connectivity index (χ3n) is 2.55. The second-order valence-electron chi connectivity index (χ2n) is 3.77. The van der Waals surface area contributed by atoms with E-state index < -0.39 is 0 Å². The predicted octanol–water partition coefficient (Wildman–Crippen LogP) is 3.89. The summed E-state index contributed by atoms with van der Waals surface area (Å²) in [6.45, 7) is 4.44. The predicted molar refractivity (Wildman–Crippen MR) is 73.6 cm³/mol. The number of anilines is 1. The lowest BCUT2D eigenvalue weighted by molar-refractivity contribution is 0.418. The van der Waals surface area contributed by atoms with Gasteiger partial charge in [-0.15, -0.1) is 0 Å². The topological polar surface area (TPSA) is 53.1 Å². The summed E-state index contributed by atoms with van der Waals surface area (Å²) < 4.78 is 7.41. The van der Waals surface area contributed by atoms with Crippen molar-refractivity contribution >= 4 is 28.9 Å². The quantitative estimate of drug-likeness (QED) is 0.931. The molecule has 0 aliphatic heterocycles. The second-order valence-corrected chi connectivity index (χ2v) is 4.56. The van der Waals surface area contributed by atoms with Crippen LogP contribution in [0.25, 0.3) is 0 Å². The van der Waals surface area contributed by atoms with Crippen LogP contribution in [0.3, 0.4) is 0 Å². The highest BCUT2D eigenvalue weighted by molar-refractivity contribution is 6.42. The molecule has 0 bridgehead atoms. The third-order valence-corrected chi connectivity index (χ3v) is 3.35. The van der Waals surface area contributed by atoms with Crippen LogP contribution >= 0.6 is 23.2 Å². The Labute approximate surface area is 115 Å². The monoisotopic (exact) mass is 285 g/mol. The van der Waals surface area contributed by atoms with Crippen molar-refractivity contribution < 1.29 is 4.74 Å². The number of rotatable bonds is 3. The Morgan fingerprint density at radius 1 is 1.39 bits per heavy atom. The molecule has 0 atom stereocenters. The van der Waals surface area contributed by atoms with Crippen LogP contribution in [0, 0.1) is 6.92 Å². The Bertz CT molecular complexity index is 581. The van der Waals surface area contributed by atoms with Gasteiger partial charge in [0.05, 0.1) is 10.7 Å². The number of aromatic nitrogens is 2. The molecule has 18 heavy (non-hydrogen) atoms. The molecule has 0 fully saturated rings. The van der Waals surface area contributed by atoms with Crippen LogP contribution in [-0.4, -0.2) is 9.78 Å². The van der Waals surface area contributed by atoms with Crippen molar-refractivity contribution in [2.75, 3.05) is 5.73 Å². The number of nitrogen functional groups attached to an aromatic ring is 1. The molecule has 0 aliphatic carbocycles. The fourth-order valence-electron chi connectivity index (χ4n) is 1.56. The Hall–Kier alpha value is -1.39. The van der Waals surface area contributed by atoms with E-state index in [1.807, 2.05) is 13.8 Å². The molecule has 96 valence electrons. The summed E-state index contributed by atoms with van der Waals surface area (Å²) in [6, 6.07) is 5.19. The maximum atomic E-state index is 6.07. The molecule has 1 heterocycles. The zero-order chi connectivity index (χ0) is 13.3. The van der Waals surface area contributed by atoms with Crippen LogP contribution < -0.4 is 10.5 Å². The first-order valence-corrected chi connectivity index (χ1v) is 6.25. The van der Waals surface area contributed by atoms with Crippen LogP contribution in [0.5, 0.6) is 11.6 Å². The van der Waals surface area contributed by atoms with E-state index in [1.165, 1.54) is 0 Å². The smallest absolute Gasteiger partial charge is 0.241 e. The van der Waals surface area contributed by atoms with Crippen molar-refractivity contribution in [1.82, 2.24) is 9.78 Å². The zero-order valence-electron chi connectivity index (χ0n) is 10.1. The summed E-state index contributed by atoms with van der Waals surface area (Å²) in [5, 5.41) is 5.07. The van der Waals surface area contributed by atoms with Crippen LogP contribution in [0.4, 0.5) is 5.69 Å². The summed E-state index contributed by atoms with van der Waals surface area (Å²) >= 11 is 12.0. The Balaban J connectivity index is 2.43. The summed E-state index contributed by atoms with van der Waals surface area (Å²) in [5.74, 6) is 0.949. The fourth-order valence-corrected chi connectivity index (χ4v) is 1.89. The van der Waals surface area contributed by atoms with E-state index >= 15 is 0 Å². The van der Waals surface area contributed by atoms with E-state index in [1.54, 1.807) is 22.9 Å². The second kappa shape index (κ2) is 5.08. The number of nitrogens with zero attached hydrogens (tertiary/aromatic N) is 2. The lowest BCUT2D eigenvalue weighted by atomic mass is 10.3. The molecular weight excluding hydrogens is 273 g/mol. The Kier molecular flexibility index (Phi) is 3.68. The zero-order valence-corrected chi connectivity index (χ0v) is 11.6. The van der Waals surface area contributed by atoms with Gasteiger partial charge in [-0.2, -0.15) is 5.10 Å².